The Hall–Kier alpha value is -2.85. The second-order valence-corrected chi connectivity index (χ2v) is 7.54. The molecule has 28 heavy (non-hydrogen) atoms. The molecule has 1 aliphatic heterocycles. The molecule has 0 bridgehead atoms. The Morgan fingerprint density at radius 3 is 3.07 bits per heavy atom. The Kier molecular flexibility index (Phi) is 6.66. The van der Waals surface area contributed by atoms with E-state index in [9.17, 15) is 4.79 Å². The predicted molar refractivity (Wildman–Crippen MR) is 109 cm³/mol. The van der Waals surface area contributed by atoms with E-state index in [2.05, 4.69) is 39.9 Å². The Morgan fingerprint density at radius 1 is 1.43 bits per heavy atom. The molecular formula is C21H28N6O. The van der Waals surface area contributed by atoms with Crippen molar-refractivity contribution in [2.75, 3.05) is 39.0 Å². The summed E-state index contributed by atoms with van der Waals surface area (Å²) in [6, 6.07) is 8.97. The SMILES string of the molecule is CN(C)CCCn1ccnc1[C@H]1CCCN(C(=O)Nc2cccc(C#N)c2)C1. The maximum Gasteiger partial charge on any atom is 0.321 e. The standard InChI is InChI=1S/C21H28N6O/c1-25(2)10-5-12-26-13-9-23-20(26)18-7-4-11-27(16-18)21(28)24-19-8-3-6-17(14-19)15-22/h3,6,8-9,13-14,18H,4-5,7,10-12,16H2,1-2H3,(H,24,28)/t18-/m0/s1. The van der Waals surface area contributed by atoms with Gasteiger partial charge >= 0.3 is 6.03 Å². The Labute approximate surface area is 166 Å². The van der Waals surface area contributed by atoms with Crippen molar-refractivity contribution in [2.45, 2.75) is 31.7 Å². The number of amides is 2. The molecule has 2 amide bonds. The van der Waals surface area contributed by atoms with Gasteiger partial charge in [0.25, 0.3) is 0 Å². The van der Waals surface area contributed by atoms with Crippen LogP contribution in [0.5, 0.6) is 0 Å². The Bertz CT molecular complexity index is 837. The van der Waals surface area contributed by atoms with Crippen LogP contribution in [0, 0.1) is 11.3 Å². The third-order valence-corrected chi connectivity index (χ3v) is 5.07. The van der Waals surface area contributed by atoms with Crippen LogP contribution < -0.4 is 5.32 Å². The van der Waals surface area contributed by atoms with Crippen molar-refractivity contribution in [3.8, 4) is 6.07 Å². The van der Waals surface area contributed by atoms with Crippen LogP contribution in [0.4, 0.5) is 10.5 Å². The molecule has 2 heterocycles. The van der Waals surface area contributed by atoms with Crippen molar-refractivity contribution in [3.05, 3.63) is 48.0 Å². The number of anilines is 1. The molecule has 0 spiro atoms. The van der Waals surface area contributed by atoms with Gasteiger partial charge in [-0.05, 0) is 58.1 Å². The number of nitrogens with one attached hydrogen (secondary N) is 1. The van der Waals surface area contributed by atoms with E-state index in [-0.39, 0.29) is 11.9 Å². The summed E-state index contributed by atoms with van der Waals surface area (Å²) in [6.07, 6.45) is 6.97. The molecule has 2 aromatic rings. The van der Waals surface area contributed by atoms with E-state index < -0.39 is 0 Å². The third-order valence-electron chi connectivity index (χ3n) is 5.07. The van der Waals surface area contributed by atoms with Gasteiger partial charge in [0.15, 0.2) is 0 Å². The van der Waals surface area contributed by atoms with E-state index in [1.54, 1.807) is 24.3 Å². The number of rotatable bonds is 6. The van der Waals surface area contributed by atoms with Crippen molar-refractivity contribution in [1.29, 1.82) is 5.26 Å². The quantitative estimate of drug-likeness (QED) is 0.835. The van der Waals surface area contributed by atoms with Gasteiger partial charge < -0.3 is 19.7 Å². The monoisotopic (exact) mass is 380 g/mol. The molecule has 7 heteroatoms. The summed E-state index contributed by atoms with van der Waals surface area (Å²) in [5, 5.41) is 11.9. The highest BCUT2D eigenvalue weighted by molar-refractivity contribution is 5.89. The van der Waals surface area contributed by atoms with Crippen LogP contribution in [0.1, 0.15) is 36.6 Å². The fraction of sp³-hybridized carbons (Fsp3) is 0.476. The molecule has 1 fully saturated rings. The van der Waals surface area contributed by atoms with Crippen LogP contribution in [0.25, 0.3) is 0 Å². The van der Waals surface area contributed by atoms with Crippen molar-refractivity contribution in [3.63, 3.8) is 0 Å². The van der Waals surface area contributed by atoms with Gasteiger partial charge in [-0.15, -0.1) is 0 Å². The number of carbonyl (C=O) groups excluding carboxylic acids is 1. The van der Waals surface area contributed by atoms with Gasteiger partial charge in [0.05, 0.1) is 11.6 Å². The summed E-state index contributed by atoms with van der Waals surface area (Å²) in [7, 11) is 4.16. The minimum absolute atomic E-state index is 0.120. The zero-order chi connectivity index (χ0) is 19.9. The van der Waals surface area contributed by atoms with E-state index in [4.69, 9.17) is 5.26 Å². The van der Waals surface area contributed by atoms with Crippen molar-refractivity contribution >= 4 is 11.7 Å². The molecule has 1 atom stereocenters. The molecule has 0 unspecified atom stereocenters. The summed E-state index contributed by atoms with van der Waals surface area (Å²) in [6.45, 7) is 3.38. The molecule has 1 saturated heterocycles. The number of likely N-dealkylation sites (tertiary alicyclic amines) is 1. The van der Waals surface area contributed by atoms with E-state index in [1.165, 1.54) is 0 Å². The Balaban J connectivity index is 1.62. The average Bonchev–Trinajstić information content (AvgIpc) is 3.16. The number of nitrogens with zero attached hydrogens (tertiary/aromatic N) is 5. The predicted octanol–water partition coefficient (Wildman–Crippen LogP) is 3.12. The normalized spacial score (nSPS) is 16.8. The van der Waals surface area contributed by atoms with Gasteiger partial charge in [-0.25, -0.2) is 9.78 Å². The maximum absolute atomic E-state index is 12.7. The minimum atomic E-state index is -0.120. The van der Waals surface area contributed by atoms with Crippen molar-refractivity contribution in [1.82, 2.24) is 19.4 Å². The number of urea groups is 1. The summed E-state index contributed by atoms with van der Waals surface area (Å²) in [4.78, 5) is 21.3. The van der Waals surface area contributed by atoms with Gasteiger partial charge in [-0.2, -0.15) is 5.26 Å². The van der Waals surface area contributed by atoms with Gasteiger partial charge in [-0.1, -0.05) is 6.07 Å². The second kappa shape index (κ2) is 9.38. The van der Waals surface area contributed by atoms with Crippen LogP contribution >= 0.6 is 0 Å². The molecular weight excluding hydrogens is 352 g/mol. The summed E-state index contributed by atoms with van der Waals surface area (Å²) < 4.78 is 2.23. The summed E-state index contributed by atoms with van der Waals surface area (Å²) in [5.41, 5.74) is 1.19. The molecule has 7 nitrogen and oxygen atoms in total. The molecule has 1 N–H and O–H groups in total. The number of imidazole rings is 1. The topological polar surface area (TPSA) is 77.2 Å². The summed E-state index contributed by atoms with van der Waals surface area (Å²) in [5.74, 6) is 1.32. The van der Waals surface area contributed by atoms with Crippen LogP contribution in [0.3, 0.4) is 0 Å². The van der Waals surface area contributed by atoms with Crippen LogP contribution in [0.15, 0.2) is 36.7 Å². The number of aryl methyl sites for hydroxylation is 1. The van der Waals surface area contributed by atoms with Crippen LogP contribution in [0.2, 0.25) is 0 Å². The number of hydrogen-bond donors (Lipinski definition) is 1. The smallest absolute Gasteiger partial charge is 0.321 e. The molecule has 1 aromatic carbocycles. The molecule has 0 radical (unpaired) electrons. The molecule has 0 aliphatic carbocycles. The van der Waals surface area contributed by atoms with E-state index in [0.717, 1.165) is 44.7 Å². The fourth-order valence-corrected chi connectivity index (χ4v) is 3.67. The molecule has 1 aromatic heterocycles. The lowest BCUT2D eigenvalue weighted by atomic mass is 9.97. The lowest BCUT2D eigenvalue weighted by Gasteiger charge is -2.32. The Morgan fingerprint density at radius 2 is 2.29 bits per heavy atom. The maximum atomic E-state index is 12.7. The lowest BCUT2D eigenvalue weighted by molar-refractivity contribution is 0.190. The van der Waals surface area contributed by atoms with Crippen LogP contribution in [-0.2, 0) is 6.54 Å². The molecule has 148 valence electrons. The first-order valence-corrected chi connectivity index (χ1v) is 9.78. The van der Waals surface area contributed by atoms with E-state index in [1.807, 2.05) is 17.3 Å². The largest absolute Gasteiger partial charge is 0.335 e. The van der Waals surface area contributed by atoms with Crippen molar-refractivity contribution in [2.24, 2.45) is 0 Å². The number of benzene rings is 1. The number of hydrogen-bond acceptors (Lipinski definition) is 4. The first-order chi connectivity index (χ1) is 13.6. The van der Waals surface area contributed by atoms with Crippen LogP contribution in [-0.4, -0.2) is 59.1 Å². The highest BCUT2D eigenvalue weighted by Gasteiger charge is 2.27. The zero-order valence-electron chi connectivity index (χ0n) is 16.6. The van der Waals surface area contributed by atoms with Gasteiger partial charge in [0.1, 0.15) is 5.82 Å². The molecule has 0 saturated carbocycles. The van der Waals surface area contributed by atoms with Gasteiger partial charge in [0.2, 0.25) is 0 Å². The van der Waals surface area contributed by atoms with Gasteiger partial charge in [0, 0.05) is 43.6 Å². The molecule has 3 rings (SSSR count). The number of carbonyl (C=O) groups is 1. The minimum Gasteiger partial charge on any atom is -0.335 e. The second-order valence-electron chi connectivity index (χ2n) is 7.54. The van der Waals surface area contributed by atoms with E-state index in [0.29, 0.717) is 17.8 Å². The lowest BCUT2D eigenvalue weighted by Crippen LogP contribution is -2.42. The highest BCUT2D eigenvalue weighted by atomic mass is 16.2. The summed E-state index contributed by atoms with van der Waals surface area (Å²) >= 11 is 0. The number of piperidine rings is 1. The molecule has 1 aliphatic rings. The van der Waals surface area contributed by atoms with Gasteiger partial charge in [-0.3, -0.25) is 0 Å². The first kappa shape index (κ1) is 19.9. The van der Waals surface area contributed by atoms with E-state index >= 15 is 0 Å². The number of aromatic nitrogens is 2. The zero-order valence-corrected chi connectivity index (χ0v) is 16.6. The fourth-order valence-electron chi connectivity index (χ4n) is 3.67. The third kappa shape index (κ3) is 5.11. The highest BCUT2D eigenvalue weighted by Crippen LogP contribution is 2.26. The average molecular weight is 380 g/mol. The van der Waals surface area contributed by atoms with Crippen molar-refractivity contribution < 1.29 is 4.79 Å². The number of nitriles is 1. The first-order valence-electron chi connectivity index (χ1n) is 9.78.